The molecular weight excluding hydrogens is 467 g/mol. The van der Waals surface area contributed by atoms with Crippen LogP contribution < -0.4 is 4.74 Å². The third kappa shape index (κ3) is 4.13. The first kappa shape index (κ1) is 19.2. The molecule has 0 fully saturated rings. The average molecular weight is 485 g/mol. The fraction of sp³-hybridized carbons (Fsp3) is 0.467. The second kappa shape index (κ2) is 8.14. The summed E-state index contributed by atoms with van der Waals surface area (Å²) in [6.07, 6.45) is 0.240. The van der Waals surface area contributed by atoms with Crippen molar-refractivity contribution in [1.29, 1.82) is 0 Å². The second-order valence-corrected chi connectivity index (χ2v) is 7.02. The van der Waals surface area contributed by atoms with Gasteiger partial charge in [-0.05, 0) is 60.6 Å². The summed E-state index contributed by atoms with van der Waals surface area (Å²) in [6, 6.07) is 4.83. The molecular formula is C15H18BrIO5. The SMILES string of the molecule is CCOc1cc(C(Br)(C(=O)O)C(=O)OC(C)CC)ccc1I. The first-order valence-corrected chi connectivity index (χ1v) is 8.70. The molecule has 0 aliphatic rings. The number of hydrogen-bond acceptors (Lipinski definition) is 4. The highest BCUT2D eigenvalue weighted by Crippen LogP contribution is 2.37. The average Bonchev–Trinajstić information content (AvgIpc) is 2.48. The minimum atomic E-state index is -1.95. The van der Waals surface area contributed by atoms with Gasteiger partial charge in [0.1, 0.15) is 5.75 Å². The van der Waals surface area contributed by atoms with Crippen LogP contribution in [0.1, 0.15) is 32.8 Å². The summed E-state index contributed by atoms with van der Waals surface area (Å²) in [5.74, 6) is -1.65. The van der Waals surface area contributed by atoms with Gasteiger partial charge < -0.3 is 14.6 Å². The van der Waals surface area contributed by atoms with E-state index in [9.17, 15) is 14.7 Å². The van der Waals surface area contributed by atoms with E-state index in [1.165, 1.54) is 0 Å². The van der Waals surface area contributed by atoms with E-state index in [4.69, 9.17) is 9.47 Å². The van der Waals surface area contributed by atoms with Crippen LogP contribution in [0.2, 0.25) is 0 Å². The Hall–Kier alpha value is -0.830. The lowest BCUT2D eigenvalue weighted by Crippen LogP contribution is -2.40. The van der Waals surface area contributed by atoms with Crippen LogP contribution in [0.5, 0.6) is 5.75 Å². The molecule has 0 aliphatic carbocycles. The lowest BCUT2D eigenvalue weighted by atomic mass is 9.98. The topological polar surface area (TPSA) is 72.8 Å². The Morgan fingerprint density at radius 3 is 2.55 bits per heavy atom. The molecule has 1 rings (SSSR count). The van der Waals surface area contributed by atoms with E-state index in [1.54, 1.807) is 25.1 Å². The summed E-state index contributed by atoms with van der Waals surface area (Å²) < 4.78 is 9.54. The smallest absolute Gasteiger partial charge is 0.339 e. The number of ether oxygens (including phenoxy) is 2. The molecule has 2 unspecified atom stereocenters. The molecule has 22 heavy (non-hydrogen) atoms. The number of halogens is 2. The van der Waals surface area contributed by atoms with Crippen molar-refractivity contribution < 1.29 is 24.2 Å². The summed E-state index contributed by atoms with van der Waals surface area (Å²) in [5, 5.41) is 9.54. The maximum Gasteiger partial charge on any atom is 0.339 e. The molecule has 0 amide bonds. The Bertz CT molecular complexity index is 563. The van der Waals surface area contributed by atoms with Crippen molar-refractivity contribution in [3.8, 4) is 5.75 Å². The molecule has 1 N–H and O–H groups in total. The minimum Gasteiger partial charge on any atom is -0.493 e. The summed E-state index contributed by atoms with van der Waals surface area (Å²) >= 11 is 5.14. The van der Waals surface area contributed by atoms with Crippen LogP contribution in [-0.4, -0.2) is 29.8 Å². The lowest BCUT2D eigenvalue weighted by Gasteiger charge is -2.24. The highest BCUT2D eigenvalue weighted by molar-refractivity contribution is 14.1. The molecule has 1 aromatic rings. The molecule has 0 aliphatic heterocycles. The van der Waals surface area contributed by atoms with E-state index in [0.29, 0.717) is 18.8 Å². The molecule has 122 valence electrons. The summed E-state index contributed by atoms with van der Waals surface area (Å²) in [5.41, 5.74) is 0.261. The number of aliphatic carboxylic acids is 1. The van der Waals surface area contributed by atoms with E-state index in [0.717, 1.165) is 3.57 Å². The van der Waals surface area contributed by atoms with Crippen LogP contribution in [0.25, 0.3) is 0 Å². The van der Waals surface area contributed by atoms with Crippen LogP contribution in [0.3, 0.4) is 0 Å². The van der Waals surface area contributed by atoms with Gasteiger partial charge in [-0.15, -0.1) is 0 Å². The van der Waals surface area contributed by atoms with Crippen molar-refractivity contribution >= 4 is 50.5 Å². The Balaban J connectivity index is 3.27. The first-order chi connectivity index (χ1) is 10.3. The van der Waals surface area contributed by atoms with E-state index in [2.05, 4.69) is 38.5 Å². The molecule has 0 spiro atoms. The third-order valence-electron chi connectivity index (χ3n) is 3.09. The largest absolute Gasteiger partial charge is 0.493 e. The normalized spacial score (nSPS) is 14.8. The van der Waals surface area contributed by atoms with Crippen molar-refractivity contribution in [2.45, 2.75) is 37.6 Å². The number of alkyl halides is 1. The van der Waals surface area contributed by atoms with Gasteiger partial charge in [0.05, 0.1) is 16.3 Å². The molecule has 0 aromatic heterocycles. The van der Waals surface area contributed by atoms with Crippen LogP contribution in [0.15, 0.2) is 18.2 Å². The fourth-order valence-corrected chi connectivity index (χ4v) is 2.49. The van der Waals surface area contributed by atoms with Gasteiger partial charge in [0.25, 0.3) is 0 Å². The zero-order valence-corrected chi connectivity index (χ0v) is 16.3. The maximum absolute atomic E-state index is 12.3. The predicted molar refractivity (Wildman–Crippen MR) is 94.4 cm³/mol. The quantitative estimate of drug-likeness (QED) is 0.276. The Morgan fingerprint density at radius 1 is 1.41 bits per heavy atom. The van der Waals surface area contributed by atoms with Gasteiger partial charge in [-0.3, -0.25) is 0 Å². The van der Waals surface area contributed by atoms with Gasteiger partial charge >= 0.3 is 11.9 Å². The highest BCUT2D eigenvalue weighted by Gasteiger charge is 2.48. The molecule has 0 bridgehead atoms. The molecule has 0 radical (unpaired) electrons. The van der Waals surface area contributed by atoms with Gasteiger partial charge in [0, 0.05) is 0 Å². The molecule has 7 heteroatoms. The number of benzene rings is 1. The number of carbonyl (C=O) groups is 2. The zero-order valence-electron chi connectivity index (χ0n) is 12.6. The van der Waals surface area contributed by atoms with Crippen molar-refractivity contribution in [3.63, 3.8) is 0 Å². The van der Waals surface area contributed by atoms with Gasteiger partial charge in [0.2, 0.25) is 4.32 Å². The Morgan fingerprint density at radius 2 is 2.05 bits per heavy atom. The predicted octanol–water partition coefficient (Wildman–Crippen LogP) is 3.71. The van der Waals surface area contributed by atoms with Crippen molar-refractivity contribution in [3.05, 3.63) is 27.3 Å². The number of carboxylic acid groups (broad SMARTS) is 1. The molecule has 0 heterocycles. The van der Waals surface area contributed by atoms with Crippen molar-refractivity contribution in [2.24, 2.45) is 0 Å². The van der Waals surface area contributed by atoms with Gasteiger partial charge in [-0.25, -0.2) is 9.59 Å². The van der Waals surface area contributed by atoms with E-state index in [-0.39, 0.29) is 11.7 Å². The third-order valence-corrected chi connectivity index (χ3v) is 5.10. The number of carboxylic acids is 1. The summed E-state index contributed by atoms with van der Waals surface area (Å²) in [6.45, 7) is 5.84. The zero-order chi connectivity index (χ0) is 16.9. The maximum atomic E-state index is 12.3. The van der Waals surface area contributed by atoms with Crippen LogP contribution >= 0.6 is 38.5 Å². The number of hydrogen-bond donors (Lipinski definition) is 1. The van der Waals surface area contributed by atoms with Crippen LogP contribution in [0.4, 0.5) is 0 Å². The standard InChI is InChI=1S/C15H18BrIO5/c1-4-9(3)22-14(20)15(16,13(18)19)10-6-7-11(17)12(8-10)21-5-2/h6-9H,4-5H2,1-3H3,(H,18,19). The second-order valence-electron chi connectivity index (χ2n) is 4.67. The number of esters is 1. The van der Waals surface area contributed by atoms with Gasteiger partial charge in [0.15, 0.2) is 0 Å². The molecule has 0 saturated heterocycles. The van der Waals surface area contributed by atoms with E-state index in [1.807, 2.05) is 13.8 Å². The van der Waals surface area contributed by atoms with Crippen LogP contribution in [-0.2, 0) is 18.7 Å². The minimum absolute atomic E-state index is 0.261. The van der Waals surface area contributed by atoms with Gasteiger partial charge in [-0.2, -0.15) is 0 Å². The summed E-state index contributed by atoms with van der Waals surface area (Å²) in [4.78, 5) is 24.0. The molecule has 1 aromatic carbocycles. The first-order valence-electron chi connectivity index (χ1n) is 6.83. The van der Waals surface area contributed by atoms with Crippen LogP contribution in [0, 0.1) is 3.57 Å². The van der Waals surface area contributed by atoms with Crippen molar-refractivity contribution in [1.82, 2.24) is 0 Å². The Kier molecular flexibility index (Phi) is 7.11. The highest BCUT2D eigenvalue weighted by atomic mass is 127. The van der Waals surface area contributed by atoms with E-state index < -0.39 is 16.3 Å². The monoisotopic (exact) mass is 484 g/mol. The molecule has 0 saturated carbocycles. The molecule has 2 atom stereocenters. The Labute approximate surface area is 151 Å². The molecule has 5 nitrogen and oxygen atoms in total. The van der Waals surface area contributed by atoms with E-state index >= 15 is 0 Å². The number of rotatable bonds is 7. The lowest BCUT2D eigenvalue weighted by molar-refractivity contribution is -0.159. The fourth-order valence-electron chi connectivity index (χ4n) is 1.66. The summed E-state index contributed by atoms with van der Waals surface area (Å²) in [7, 11) is 0. The number of carbonyl (C=O) groups excluding carboxylic acids is 1. The van der Waals surface area contributed by atoms with Gasteiger partial charge in [-0.1, -0.05) is 28.9 Å². The van der Waals surface area contributed by atoms with Crippen molar-refractivity contribution in [2.75, 3.05) is 6.61 Å².